The highest BCUT2D eigenvalue weighted by Crippen LogP contribution is 2.32. The molecule has 1 aromatic carbocycles. The quantitative estimate of drug-likeness (QED) is 0.378. The van der Waals surface area contributed by atoms with Gasteiger partial charge in [0.1, 0.15) is 16.5 Å². The zero-order valence-corrected chi connectivity index (χ0v) is 13.8. The molecule has 7 nitrogen and oxygen atoms in total. The Morgan fingerprint density at radius 3 is 2.84 bits per heavy atom. The van der Waals surface area contributed by atoms with Gasteiger partial charge in [-0.1, -0.05) is 23.8 Å². The van der Waals surface area contributed by atoms with Crippen LogP contribution in [0.5, 0.6) is 0 Å². The van der Waals surface area contributed by atoms with Crippen molar-refractivity contribution in [1.29, 1.82) is 0 Å². The molecule has 0 atom stereocenters. The number of hydrogen-bond donors (Lipinski definition) is 1. The van der Waals surface area contributed by atoms with Crippen LogP contribution in [0.1, 0.15) is 18.6 Å². The number of nitrogens with one attached hydrogen (secondary N) is 1. The fourth-order valence-electron chi connectivity index (χ4n) is 2.46. The lowest BCUT2D eigenvalue weighted by molar-refractivity contribution is -0.384. The molecule has 1 aromatic heterocycles. The maximum Gasteiger partial charge on any atom is 0.288 e. The smallest absolute Gasteiger partial charge is 0.288 e. The minimum Gasteiger partial charge on any atom is -0.455 e. The second-order valence-electron chi connectivity index (χ2n) is 5.71. The normalized spacial score (nSPS) is 14.5. The molecule has 1 N–H and O–H groups in total. The molecule has 0 unspecified atom stereocenters. The van der Waals surface area contributed by atoms with E-state index in [1.165, 1.54) is 18.3 Å². The third kappa shape index (κ3) is 3.77. The lowest BCUT2D eigenvalue weighted by Crippen LogP contribution is -2.32. The van der Waals surface area contributed by atoms with Crippen molar-refractivity contribution in [2.75, 3.05) is 0 Å². The largest absolute Gasteiger partial charge is 0.455 e. The van der Waals surface area contributed by atoms with E-state index in [9.17, 15) is 14.9 Å². The first-order valence-corrected chi connectivity index (χ1v) is 7.85. The summed E-state index contributed by atoms with van der Waals surface area (Å²) >= 11 is 5.79. The van der Waals surface area contributed by atoms with Crippen molar-refractivity contribution in [3.63, 3.8) is 0 Å². The van der Waals surface area contributed by atoms with Crippen LogP contribution in [0, 0.1) is 16.0 Å². The summed E-state index contributed by atoms with van der Waals surface area (Å²) in [6, 6.07) is 7.72. The molecule has 0 radical (unpaired) electrons. The number of nitro benzene ring substituents is 1. The van der Waals surface area contributed by atoms with Gasteiger partial charge in [-0.3, -0.25) is 14.9 Å². The molecule has 3 rings (SSSR count). The highest BCUT2D eigenvalue weighted by atomic mass is 35.5. The van der Waals surface area contributed by atoms with E-state index in [-0.39, 0.29) is 22.5 Å². The van der Waals surface area contributed by atoms with Crippen molar-refractivity contribution in [3.8, 4) is 11.3 Å². The summed E-state index contributed by atoms with van der Waals surface area (Å²) in [4.78, 5) is 22.1. The average molecular weight is 360 g/mol. The molecular weight excluding hydrogens is 346 g/mol. The molecule has 128 valence electrons. The number of halogens is 1. The molecule has 1 aliphatic carbocycles. The molecule has 1 saturated carbocycles. The Kier molecular flexibility index (Phi) is 4.67. The maximum atomic E-state index is 11.7. The number of carbonyl (C=O) groups excluding carboxylic acids is 1. The van der Waals surface area contributed by atoms with Crippen molar-refractivity contribution in [2.24, 2.45) is 11.0 Å². The Morgan fingerprint density at radius 1 is 1.40 bits per heavy atom. The SMILES string of the molecule is C=C1CC(C(=O)N/N=C\c2ccc(-c3ccc(Cl)c([N+](=O)[O-])c3)o2)C1. The van der Waals surface area contributed by atoms with E-state index in [4.69, 9.17) is 16.0 Å². The number of nitro groups is 1. The molecule has 0 saturated heterocycles. The van der Waals surface area contributed by atoms with Crippen LogP contribution in [0.25, 0.3) is 11.3 Å². The minimum absolute atomic E-state index is 0.0588. The van der Waals surface area contributed by atoms with Gasteiger partial charge >= 0.3 is 0 Å². The van der Waals surface area contributed by atoms with Gasteiger partial charge in [0.2, 0.25) is 5.91 Å². The van der Waals surface area contributed by atoms with Gasteiger partial charge in [0.05, 0.1) is 11.1 Å². The number of benzene rings is 1. The molecule has 1 aliphatic rings. The number of hydrazone groups is 1. The lowest BCUT2D eigenvalue weighted by atomic mass is 9.81. The minimum atomic E-state index is -0.554. The van der Waals surface area contributed by atoms with Gasteiger partial charge in [0, 0.05) is 17.5 Å². The van der Waals surface area contributed by atoms with Gasteiger partial charge in [0.15, 0.2) is 0 Å². The van der Waals surface area contributed by atoms with Crippen LogP contribution in [-0.2, 0) is 4.79 Å². The molecule has 1 amide bonds. The standard InChI is InChI=1S/C17H14ClN3O4/c1-10-6-12(7-10)17(22)20-19-9-13-3-5-16(25-13)11-2-4-14(18)15(8-11)21(23)24/h2-5,8-9,12H,1,6-7H2,(H,20,22)/b19-9-. The van der Waals surface area contributed by atoms with Gasteiger partial charge in [0.25, 0.3) is 5.69 Å². The van der Waals surface area contributed by atoms with Crippen molar-refractivity contribution in [3.05, 3.63) is 63.4 Å². The summed E-state index contributed by atoms with van der Waals surface area (Å²) in [5.41, 5.74) is 3.85. The maximum absolute atomic E-state index is 11.7. The van der Waals surface area contributed by atoms with E-state index in [1.54, 1.807) is 18.2 Å². The molecule has 8 heteroatoms. The van der Waals surface area contributed by atoms with Crippen LogP contribution in [0.2, 0.25) is 5.02 Å². The fourth-order valence-corrected chi connectivity index (χ4v) is 2.64. The number of allylic oxidation sites excluding steroid dienone is 1. The van der Waals surface area contributed by atoms with E-state index in [0.29, 0.717) is 29.9 Å². The second-order valence-corrected chi connectivity index (χ2v) is 6.12. The van der Waals surface area contributed by atoms with Gasteiger partial charge in [-0.15, -0.1) is 0 Å². The van der Waals surface area contributed by atoms with E-state index in [1.807, 2.05) is 0 Å². The van der Waals surface area contributed by atoms with Gasteiger partial charge in [-0.2, -0.15) is 5.10 Å². The van der Waals surface area contributed by atoms with E-state index < -0.39 is 4.92 Å². The second kappa shape index (κ2) is 6.90. The third-order valence-electron chi connectivity index (χ3n) is 3.86. The van der Waals surface area contributed by atoms with Crippen LogP contribution in [0.3, 0.4) is 0 Å². The zero-order chi connectivity index (χ0) is 18.0. The van der Waals surface area contributed by atoms with Gasteiger partial charge in [-0.25, -0.2) is 5.43 Å². The Hall–Kier alpha value is -2.93. The Balaban J connectivity index is 1.67. The van der Waals surface area contributed by atoms with Gasteiger partial charge < -0.3 is 4.42 Å². The number of amides is 1. The Morgan fingerprint density at radius 2 is 2.16 bits per heavy atom. The van der Waals surface area contributed by atoms with E-state index >= 15 is 0 Å². The van der Waals surface area contributed by atoms with E-state index in [2.05, 4.69) is 17.1 Å². The van der Waals surface area contributed by atoms with Crippen LogP contribution in [0.4, 0.5) is 5.69 Å². The van der Waals surface area contributed by atoms with Crippen molar-refractivity contribution in [1.82, 2.24) is 5.43 Å². The predicted molar refractivity (Wildman–Crippen MR) is 93.4 cm³/mol. The molecule has 2 aromatic rings. The molecule has 0 bridgehead atoms. The van der Waals surface area contributed by atoms with Gasteiger partial charge in [-0.05, 0) is 37.1 Å². The monoisotopic (exact) mass is 359 g/mol. The summed E-state index contributed by atoms with van der Waals surface area (Å²) in [7, 11) is 0. The first kappa shape index (κ1) is 16.9. The number of carbonyl (C=O) groups is 1. The summed E-state index contributed by atoms with van der Waals surface area (Å²) in [6.07, 6.45) is 2.77. The molecular formula is C17H14ClN3O4. The van der Waals surface area contributed by atoms with E-state index in [0.717, 1.165) is 5.57 Å². The Bertz CT molecular complexity index is 880. The first-order valence-electron chi connectivity index (χ1n) is 7.48. The molecule has 0 aliphatic heterocycles. The fraction of sp³-hybridized carbons (Fsp3) is 0.176. The highest BCUT2D eigenvalue weighted by Gasteiger charge is 2.28. The van der Waals surface area contributed by atoms with Crippen molar-refractivity contribution < 1.29 is 14.1 Å². The summed E-state index contributed by atoms with van der Waals surface area (Å²) in [6.45, 7) is 3.79. The predicted octanol–water partition coefficient (Wildman–Crippen LogP) is 3.92. The first-order chi connectivity index (χ1) is 11.9. The summed E-state index contributed by atoms with van der Waals surface area (Å²) in [5.74, 6) is 0.629. The topological polar surface area (TPSA) is 97.7 Å². The number of nitrogens with zero attached hydrogens (tertiary/aromatic N) is 2. The lowest BCUT2D eigenvalue weighted by Gasteiger charge is -2.25. The van der Waals surface area contributed by atoms with Crippen LogP contribution in [-0.4, -0.2) is 17.0 Å². The van der Waals surface area contributed by atoms with Crippen LogP contribution in [0.15, 0.2) is 52.0 Å². The number of hydrogen-bond acceptors (Lipinski definition) is 5. The number of furan rings is 1. The van der Waals surface area contributed by atoms with Crippen LogP contribution < -0.4 is 5.43 Å². The van der Waals surface area contributed by atoms with Crippen molar-refractivity contribution in [2.45, 2.75) is 12.8 Å². The van der Waals surface area contributed by atoms with Crippen molar-refractivity contribution >= 4 is 29.4 Å². The summed E-state index contributed by atoms with van der Waals surface area (Å²) < 4.78 is 5.56. The zero-order valence-electron chi connectivity index (χ0n) is 13.1. The summed E-state index contributed by atoms with van der Waals surface area (Å²) in [5, 5.41) is 14.9. The molecule has 0 spiro atoms. The Labute approximate surface area is 148 Å². The van der Waals surface area contributed by atoms with Crippen LogP contribution >= 0.6 is 11.6 Å². The average Bonchev–Trinajstić information content (AvgIpc) is 3.00. The molecule has 25 heavy (non-hydrogen) atoms. The molecule has 1 heterocycles. The third-order valence-corrected chi connectivity index (χ3v) is 4.18. The highest BCUT2D eigenvalue weighted by molar-refractivity contribution is 6.32. The molecule has 1 fully saturated rings. The number of rotatable bonds is 5.